The lowest BCUT2D eigenvalue weighted by Crippen LogP contribution is -2.44. The summed E-state index contributed by atoms with van der Waals surface area (Å²) in [5.41, 5.74) is 1.54. The maximum atomic E-state index is 8.13. The first kappa shape index (κ1) is 15.8. The van der Waals surface area contributed by atoms with Crippen LogP contribution in [0, 0.1) is 5.41 Å². The zero-order chi connectivity index (χ0) is 15.3. The normalized spacial score (nSPS) is 15.7. The summed E-state index contributed by atoms with van der Waals surface area (Å²) in [5.74, 6) is -0.0934. The minimum atomic E-state index is -1.11. The van der Waals surface area contributed by atoms with Gasteiger partial charge in [0.15, 0.2) is 0 Å². The average molecular weight is 292 g/mol. The number of benzene rings is 1. The molecule has 0 spiro atoms. The zero-order valence-electron chi connectivity index (χ0n) is 13.0. The van der Waals surface area contributed by atoms with Gasteiger partial charge in [-0.1, -0.05) is 25.5 Å². The summed E-state index contributed by atoms with van der Waals surface area (Å²) in [5, 5.41) is 11.2. The van der Waals surface area contributed by atoms with Crippen LogP contribution < -0.4 is 10.1 Å². The molecule has 2 N–H and O–H groups in total. The largest absolute Gasteiger partial charge is 0.493 e. The maximum absolute atomic E-state index is 8.13. The van der Waals surface area contributed by atoms with Gasteiger partial charge in [-0.3, -0.25) is 5.41 Å². The van der Waals surface area contributed by atoms with E-state index < -0.39 is 5.91 Å². The monoisotopic (exact) mass is 292 g/mol. The summed E-state index contributed by atoms with van der Waals surface area (Å²) in [7, 11) is 0. The molecular formula is C16H24N2O3. The van der Waals surface area contributed by atoms with Gasteiger partial charge in [-0.25, -0.2) is 0 Å². The molecule has 1 aliphatic rings. The van der Waals surface area contributed by atoms with Gasteiger partial charge in [0, 0.05) is 18.8 Å². The molecule has 0 saturated carbocycles. The van der Waals surface area contributed by atoms with Crippen LogP contribution in [0.4, 0.5) is 0 Å². The Bertz CT molecular complexity index is 496. The molecule has 1 aromatic rings. The average Bonchev–Trinajstić information content (AvgIpc) is 2.74. The summed E-state index contributed by atoms with van der Waals surface area (Å²) in [6.45, 7) is 7.54. The highest BCUT2D eigenvalue weighted by atomic mass is 16.7. The topological polar surface area (TPSA) is 63.6 Å². The van der Waals surface area contributed by atoms with E-state index in [4.69, 9.17) is 19.6 Å². The van der Waals surface area contributed by atoms with Crippen molar-refractivity contribution in [3.63, 3.8) is 0 Å². The van der Waals surface area contributed by atoms with Gasteiger partial charge in [-0.15, -0.1) is 0 Å². The second kappa shape index (κ2) is 6.91. The van der Waals surface area contributed by atoms with E-state index in [1.54, 1.807) is 0 Å². The Balaban J connectivity index is 2.41. The Morgan fingerprint density at radius 1 is 1.14 bits per heavy atom. The van der Waals surface area contributed by atoms with Crippen molar-refractivity contribution in [2.24, 2.45) is 0 Å². The van der Waals surface area contributed by atoms with Crippen molar-refractivity contribution in [2.45, 2.75) is 39.5 Å². The fraction of sp³-hybridized carbons (Fsp3) is 0.562. The lowest BCUT2D eigenvalue weighted by atomic mass is 10.1. The zero-order valence-corrected chi connectivity index (χ0v) is 13.0. The van der Waals surface area contributed by atoms with E-state index >= 15 is 0 Å². The van der Waals surface area contributed by atoms with E-state index in [1.165, 1.54) is 0 Å². The molecule has 0 saturated heterocycles. The van der Waals surface area contributed by atoms with Crippen LogP contribution in [-0.4, -0.2) is 25.7 Å². The molecular weight excluding hydrogens is 268 g/mol. The molecule has 1 aliphatic heterocycles. The molecule has 116 valence electrons. The van der Waals surface area contributed by atoms with Crippen molar-refractivity contribution in [3.8, 4) is 5.75 Å². The van der Waals surface area contributed by atoms with Crippen LogP contribution in [0.2, 0.25) is 0 Å². The lowest BCUT2D eigenvalue weighted by Gasteiger charge is -2.30. The van der Waals surface area contributed by atoms with Crippen LogP contribution >= 0.6 is 0 Å². The smallest absolute Gasteiger partial charge is 0.283 e. The third-order valence-electron chi connectivity index (χ3n) is 3.36. The van der Waals surface area contributed by atoms with Crippen molar-refractivity contribution in [1.82, 2.24) is 5.32 Å². The van der Waals surface area contributed by atoms with Gasteiger partial charge in [0.05, 0.1) is 12.2 Å². The maximum Gasteiger partial charge on any atom is 0.283 e. The van der Waals surface area contributed by atoms with Crippen LogP contribution in [0.3, 0.4) is 0 Å². The minimum Gasteiger partial charge on any atom is -0.493 e. The molecule has 0 radical (unpaired) electrons. The lowest BCUT2D eigenvalue weighted by molar-refractivity contribution is -0.250. The van der Waals surface area contributed by atoms with Crippen LogP contribution in [0.25, 0.3) is 0 Å². The van der Waals surface area contributed by atoms with E-state index in [1.807, 2.05) is 32.0 Å². The molecule has 0 fully saturated rings. The fourth-order valence-electron chi connectivity index (χ4n) is 2.48. The van der Waals surface area contributed by atoms with Crippen molar-refractivity contribution in [3.05, 3.63) is 29.3 Å². The van der Waals surface area contributed by atoms with Crippen molar-refractivity contribution >= 4 is 5.84 Å². The van der Waals surface area contributed by atoms with Crippen molar-refractivity contribution < 1.29 is 14.2 Å². The van der Waals surface area contributed by atoms with Gasteiger partial charge >= 0.3 is 0 Å². The third kappa shape index (κ3) is 3.04. The summed E-state index contributed by atoms with van der Waals surface area (Å²) >= 11 is 0. The molecule has 5 nitrogen and oxygen atoms in total. The van der Waals surface area contributed by atoms with Crippen LogP contribution in [0.1, 0.15) is 44.7 Å². The van der Waals surface area contributed by atoms with Gasteiger partial charge in [0.2, 0.25) is 0 Å². The Kier molecular flexibility index (Phi) is 5.20. The van der Waals surface area contributed by atoms with Crippen LogP contribution in [0.15, 0.2) is 18.2 Å². The van der Waals surface area contributed by atoms with Gasteiger partial charge in [0.25, 0.3) is 5.91 Å². The summed E-state index contributed by atoms with van der Waals surface area (Å²) in [4.78, 5) is 0. The highest BCUT2D eigenvalue weighted by molar-refractivity contribution is 6.02. The van der Waals surface area contributed by atoms with Gasteiger partial charge in [-0.2, -0.15) is 0 Å². The number of ether oxygens (including phenoxy) is 3. The molecule has 0 atom stereocenters. The van der Waals surface area contributed by atoms with E-state index in [0.29, 0.717) is 25.7 Å². The van der Waals surface area contributed by atoms with Crippen molar-refractivity contribution in [1.29, 1.82) is 5.41 Å². The Hall–Kier alpha value is -1.59. The number of rotatable bonds is 8. The minimum absolute atomic E-state index is 0.299. The predicted octanol–water partition coefficient (Wildman–Crippen LogP) is 2.98. The molecule has 1 heterocycles. The molecule has 0 unspecified atom stereocenters. The molecule has 21 heavy (non-hydrogen) atoms. The van der Waals surface area contributed by atoms with Gasteiger partial charge < -0.3 is 19.5 Å². The first-order chi connectivity index (χ1) is 10.2. The number of amidine groups is 1. The number of nitrogens with one attached hydrogen (secondary N) is 2. The fourth-order valence-corrected chi connectivity index (χ4v) is 2.48. The predicted molar refractivity (Wildman–Crippen MR) is 81.7 cm³/mol. The standard InChI is InChI=1S/C16H24N2O3/c1-4-7-11-19-13-10-8-9-12-14(13)16(20-5-2,21-6-3)18-15(12)17/h8-10H,4-7,11H2,1-3H3,(H2,17,18). The Morgan fingerprint density at radius 3 is 2.48 bits per heavy atom. The summed E-state index contributed by atoms with van der Waals surface area (Å²) in [6, 6.07) is 5.68. The SMILES string of the molecule is CCCCOc1cccc2c1C(OCC)(OCC)NC2=N. The second-order valence-electron chi connectivity index (χ2n) is 4.86. The van der Waals surface area contributed by atoms with E-state index in [2.05, 4.69) is 12.2 Å². The molecule has 0 aliphatic carbocycles. The van der Waals surface area contributed by atoms with E-state index in [9.17, 15) is 0 Å². The first-order valence-corrected chi connectivity index (χ1v) is 7.59. The summed E-state index contributed by atoms with van der Waals surface area (Å²) < 4.78 is 17.5. The highest BCUT2D eigenvalue weighted by Gasteiger charge is 2.46. The molecule has 5 heteroatoms. The second-order valence-corrected chi connectivity index (χ2v) is 4.86. The Morgan fingerprint density at radius 2 is 1.86 bits per heavy atom. The first-order valence-electron chi connectivity index (χ1n) is 7.59. The molecule has 2 rings (SSSR count). The van der Waals surface area contributed by atoms with Gasteiger partial charge in [0.1, 0.15) is 11.6 Å². The number of hydrogen-bond donors (Lipinski definition) is 2. The molecule has 0 aromatic heterocycles. The molecule has 1 aromatic carbocycles. The Labute approximate surface area is 126 Å². The number of unbranched alkanes of at least 4 members (excludes halogenated alkanes) is 1. The third-order valence-corrected chi connectivity index (χ3v) is 3.36. The van der Waals surface area contributed by atoms with E-state index in [-0.39, 0.29) is 0 Å². The quantitative estimate of drug-likeness (QED) is 0.571. The van der Waals surface area contributed by atoms with Crippen LogP contribution in [-0.2, 0) is 15.4 Å². The van der Waals surface area contributed by atoms with Gasteiger partial charge in [-0.05, 0) is 26.3 Å². The molecule has 0 bridgehead atoms. The molecule has 0 amide bonds. The van der Waals surface area contributed by atoms with Crippen molar-refractivity contribution in [2.75, 3.05) is 19.8 Å². The number of fused-ring (bicyclic) bond motifs is 1. The van der Waals surface area contributed by atoms with E-state index in [0.717, 1.165) is 29.7 Å². The number of hydrogen-bond acceptors (Lipinski definition) is 4. The summed E-state index contributed by atoms with van der Waals surface area (Å²) in [6.07, 6.45) is 2.07. The van der Waals surface area contributed by atoms with Crippen LogP contribution in [0.5, 0.6) is 5.75 Å². The highest BCUT2D eigenvalue weighted by Crippen LogP contribution is 2.40.